The van der Waals surface area contributed by atoms with Crippen molar-refractivity contribution in [3.05, 3.63) is 22.6 Å². The fourth-order valence-electron chi connectivity index (χ4n) is 3.76. The fourth-order valence-corrected chi connectivity index (χ4v) is 3.76. The number of amides is 1. The maximum atomic E-state index is 12.4. The standard InChI is InChI=1S/C19H29N5O3/c1-6-19(8-11-23(12-9-19)17(26)27-18(2,3)4)24-13-7-10-21-16(25)14(13)15(20-5)22-24/h7,10H,6,8-9,11-12H2,1-5H3,(H,20,22)(H,21,25). The Bertz CT molecular complexity index is 885. The monoisotopic (exact) mass is 375 g/mol. The number of likely N-dealkylation sites (tertiary alicyclic amines) is 1. The number of aromatic nitrogens is 3. The molecular weight excluding hydrogens is 346 g/mol. The van der Waals surface area contributed by atoms with Crippen LogP contribution < -0.4 is 10.9 Å². The minimum absolute atomic E-state index is 0.152. The Kier molecular flexibility index (Phi) is 4.92. The molecule has 0 aliphatic carbocycles. The molecule has 1 amide bonds. The number of ether oxygens (including phenoxy) is 1. The number of hydrogen-bond donors (Lipinski definition) is 2. The van der Waals surface area contributed by atoms with E-state index in [9.17, 15) is 9.59 Å². The van der Waals surface area contributed by atoms with E-state index in [1.54, 1.807) is 18.1 Å². The number of anilines is 1. The zero-order valence-electron chi connectivity index (χ0n) is 16.8. The maximum absolute atomic E-state index is 12.4. The second-order valence-electron chi connectivity index (χ2n) is 8.12. The van der Waals surface area contributed by atoms with Gasteiger partial charge in [0, 0.05) is 26.3 Å². The summed E-state index contributed by atoms with van der Waals surface area (Å²) in [6.07, 6.45) is 3.76. The number of H-pyrrole nitrogens is 1. The molecule has 8 heteroatoms. The van der Waals surface area contributed by atoms with Crippen molar-refractivity contribution in [2.45, 2.75) is 58.1 Å². The first-order chi connectivity index (χ1) is 12.7. The van der Waals surface area contributed by atoms with E-state index in [2.05, 4.69) is 17.2 Å². The van der Waals surface area contributed by atoms with Crippen LogP contribution in [0, 0.1) is 0 Å². The molecule has 0 radical (unpaired) electrons. The van der Waals surface area contributed by atoms with E-state index >= 15 is 0 Å². The Hall–Kier alpha value is -2.51. The number of nitrogens with one attached hydrogen (secondary N) is 2. The summed E-state index contributed by atoms with van der Waals surface area (Å²) in [6, 6.07) is 1.89. The summed E-state index contributed by atoms with van der Waals surface area (Å²) in [5, 5.41) is 8.32. The van der Waals surface area contributed by atoms with E-state index in [0.717, 1.165) is 24.8 Å². The molecular formula is C19H29N5O3. The highest BCUT2D eigenvalue weighted by Crippen LogP contribution is 2.37. The average Bonchev–Trinajstić information content (AvgIpc) is 3.01. The third-order valence-corrected chi connectivity index (χ3v) is 5.29. The summed E-state index contributed by atoms with van der Waals surface area (Å²) in [7, 11) is 1.77. The van der Waals surface area contributed by atoms with Crippen LogP contribution in [-0.2, 0) is 10.3 Å². The highest BCUT2D eigenvalue weighted by Gasteiger charge is 2.39. The number of nitrogens with zero attached hydrogens (tertiary/aromatic N) is 3. The molecule has 3 rings (SSSR count). The predicted octanol–water partition coefficient (Wildman–Crippen LogP) is 2.90. The van der Waals surface area contributed by atoms with Crippen molar-refractivity contribution >= 4 is 22.8 Å². The van der Waals surface area contributed by atoms with Gasteiger partial charge < -0.3 is 19.9 Å². The molecule has 0 spiro atoms. The summed E-state index contributed by atoms with van der Waals surface area (Å²) in [5.74, 6) is 0.578. The van der Waals surface area contributed by atoms with E-state index in [1.807, 2.05) is 31.5 Å². The van der Waals surface area contributed by atoms with E-state index in [-0.39, 0.29) is 17.2 Å². The summed E-state index contributed by atoms with van der Waals surface area (Å²) in [5.41, 5.74) is -0.0760. The second-order valence-corrected chi connectivity index (χ2v) is 8.12. The fraction of sp³-hybridized carbons (Fsp3) is 0.632. The minimum atomic E-state index is -0.503. The smallest absolute Gasteiger partial charge is 0.410 e. The van der Waals surface area contributed by atoms with Gasteiger partial charge in [0.05, 0.1) is 11.1 Å². The van der Waals surface area contributed by atoms with Crippen LogP contribution in [0.25, 0.3) is 10.9 Å². The summed E-state index contributed by atoms with van der Waals surface area (Å²) in [4.78, 5) is 29.2. The lowest BCUT2D eigenvalue weighted by molar-refractivity contribution is 0.0101. The van der Waals surface area contributed by atoms with Gasteiger partial charge in [-0.3, -0.25) is 9.48 Å². The molecule has 0 atom stereocenters. The van der Waals surface area contributed by atoms with Crippen molar-refractivity contribution in [1.29, 1.82) is 0 Å². The molecule has 27 heavy (non-hydrogen) atoms. The van der Waals surface area contributed by atoms with Gasteiger partial charge in [-0.25, -0.2) is 4.79 Å². The van der Waals surface area contributed by atoms with Gasteiger partial charge in [-0.1, -0.05) is 6.92 Å². The lowest BCUT2D eigenvalue weighted by Gasteiger charge is -2.42. The van der Waals surface area contributed by atoms with Crippen molar-refractivity contribution in [2.75, 3.05) is 25.5 Å². The van der Waals surface area contributed by atoms with Crippen molar-refractivity contribution in [3.8, 4) is 0 Å². The van der Waals surface area contributed by atoms with Gasteiger partial charge in [0.2, 0.25) is 0 Å². The maximum Gasteiger partial charge on any atom is 0.410 e. The normalized spacial score (nSPS) is 17.1. The van der Waals surface area contributed by atoms with E-state index in [1.165, 1.54) is 0 Å². The van der Waals surface area contributed by atoms with Crippen LogP contribution in [0.1, 0.15) is 47.0 Å². The molecule has 1 aliphatic rings. The molecule has 1 saturated heterocycles. The highest BCUT2D eigenvalue weighted by atomic mass is 16.6. The van der Waals surface area contributed by atoms with Crippen molar-refractivity contribution in [2.24, 2.45) is 0 Å². The molecule has 2 aromatic heterocycles. The number of carbonyl (C=O) groups is 1. The highest BCUT2D eigenvalue weighted by molar-refractivity contribution is 5.89. The number of pyridine rings is 1. The van der Waals surface area contributed by atoms with Gasteiger partial charge in [-0.05, 0) is 46.1 Å². The summed E-state index contributed by atoms with van der Waals surface area (Å²) >= 11 is 0. The van der Waals surface area contributed by atoms with Crippen LogP contribution in [0.15, 0.2) is 17.1 Å². The number of hydrogen-bond acceptors (Lipinski definition) is 5. The molecule has 1 aliphatic heterocycles. The Morgan fingerprint density at radius 3 is 2.59 bits per heavy atom. The Morgan fingerprint density at radius 1 is 1.37 bits per heavy atom. The Balaban J connectivity index is 1.91. The van der Waals surface area contributed by atoms with Gasteiger partial charge in [-0.15, -0.1) is 0 Å². The Morgan fingerprint density at radius 2 is 2.04 bits per heavy atom. The second kappa shape index (κ2) is 6.90. The first-order valence-electron chi connectivity index (χ1n) is 9.47. The van der Waals surface area contributed by atoms with Crippen LogP contribution in [0.3, 0.4) is 0 Å². The molecule has 0 saturated carbocycles. The molecule has 3 heterocycles. The third-order valence-electron chi connectivity index (χ3n) is 5.29. The summed E-state index contributed by atoms with van der Waals surface area (Å²) in [6.45, 7) is 8.95. The van der Waals surface area contributed by atoms with Crippen LogP contribution in [0.5, 0.6) is 0 Å². The quantitative estimate of drug-likeness (QED) is 0.860. The average molecular weight is 375 g/mol. The van der Waals surface area contributed by atoms with Crippen LogP contribution in [0.2, 0.25) is 0 Å². The first-order valence-corrected chi connectivity index (χ1v) is 9.47. The van der Waals surface area contributed by atoms with Gasteiger partial charge in [0.1, 0.15) is 11.0 Å². The summed E-state index contributed by atoms with van der Waals surface area (Å²) < 4.78 is 7.48. The van der Waals surface area contributed by atoms with Gasteiger partial charge in [-0.2, -0.15) is 5.10 Å². The van der Waals surface area contributed by atoms with E-state index in [4.69, 9.17) is 9.84 Å². The largest absolute Gasteiger partial charge is 0.444 e. The lowest BCUT2D eigenvalue weighted by atomic mass is 9.85. The zero-order chi connectivity index (χ0) is 19.8. The predicted molar refractivity (Wildman–Crippen MR) is 105 cm³/mol. The third kappa shape index (κ3) is 3.52. The number of piperidine rings is 1. The van der Waals surface area contributed by atoms with Crippen LogP contribution >= 0.6 is 0 Å². The molecule has 1 fully saturated rings. The number of rotatable bonds is 3. The van der Waals surface area contributed by atoms with E-state index < -0.39 is 5.60 Å². The molecule has 0 aromatic carbocycles. The van der Waals surface area contributed by atoms with Gasteiger partial charge in [0.25, 0.3) is 5.56 Å². The number of carbonyl (C=O) groups excluding carboxylic acids is 1. The first kappa shape index (κ1) is 19.3. The van der Waals surface area contributed by atoms with Crippen LogP contribution in [-0.4, -0.2) is 51.5 Å². The number of fused-ring (bicyclic) bond motifs is 1. The Labute approximate surface area is 158 Å². The topological polar surface area (TPSA) is 92.3 Å². The number of aromatic amines is 1. The SMILES string of the molecule is CCC1(n2nc(NC)c3c(=O)[nH]ccc32)CCN(C(=O)OC(C)(C)C)CC1. The van der Waals surface area contributed by atoms with Crippen molar-refractivity contribution in [1.82, 2.24) is 19.7 Å². The zero-order valence-corrected chi connectivity index (χ0v) is 16.8. The lowest BCUT2D eigenvalue weighted by Crippen LogP contribution is -2.49. The molecule has 2 N–H and O–H groups in total. The van der Waals surface area contributed by atoms with Gasteiger partial charge in [0.15, 0.2) is 5.82 Å². The minimum Gasteiger partial charge on any atom is -0.444 e. The van der Waals surface area contributed by atoms with Crippen LogP contribution in [0.4, 0.5) is 10.6 Å². The van der Waals surface area contributed by atoms with Crippen molar-refractivity contribution in [3.63, 3.8) is 0 Å². The molecule has 0 unspecified atom stereocenters. The molecule has 148 valence electrons. The van der Waals surface area contributed by atoms with E-state index in [0.29, 0.717) is 24.3 Å². The van der Waals surface area contributed by atoms with Crippen molar-refractivity contribution < 1.29 is 9.53 Å². The van der Waals surface area contributed by atoms with Gasteiger partial charge >= 0.3 is 6.09 Å². The molecule has 0 bridgehead atoms. The molecule has 8 nitrogen and oxygen atoms in total. The molecule has 2 aromatic rings.